The molecule has 1 amide bonds. The van der Waals surface area contributed by atoms with E-state index < -0.39 is 5.82 Å². The molecule has 3 rings (SSSR count). The monoisotopic (exact) mass is 392 g/mol. The Balaban J connectivity index is 1.63. The molecule has 0 atom stereocenters. The number of likely N-dealkylation sites (tertiary alicyclic amines) is 1. The van der Waals surface area contributed by atoms with Gasteiger partial charge in [0.1, 0.15) is 16.5 Å². The van der Waals surface area contributed by atoms with Crippen molar-refractivity contribution in [3.8, 4) is 0 Å². The van der Waals surface area contributed by atoms with Crippen LogP contribution in [0.2, 0.25) is 0 Å². The van der Waals surface area contributed by atoms with Crippen molar-refractivity contribution in [2.75, 3.05) is 25.0 Å². The summed E-state index contributed by atoms with van der Waals surface area (Å²) in [5.74, 6) is -0.375. The van der Waals surface area contributed by atoms with E-state index in [0.717, 1.165) is 6.20 Å². The molecule has 0 bridgehead atoms. The highest BCUT2D eigenvalue weighted by Gasteiger charge is 2.30. The molecule has 2 aromatic rings. The van der Waals surface area contributed by atoms with Crippen LogP contribution in [0.1, 0.15) is 35.1 Å². The van der Waals surface area contributed by atoms with Crippen molar-refractivity contribution in [2.45, 2.75) is 26.7 Å². The van der Waals surface area contributed by atoms with E-state index in [1.807, 2.05) is 0 Å². The molecule has 144 valence electrons. The number of piperidine rings is 1. The van der Waals surface area contributed by atoms with Crippen LogP contribution in [0, 0.1) is 18.7 Å². The van der Waals surface area contributed by atoms with E-state index in [1.165, 1.54) is 23.5 Å². The number of amides is 1. The Hall–Kier alpha value is -2.55. The third-order valence-electron chi connectivity index (χ3n) is 4.36. The van der Waals surface area contributed by atoms with Crippen LogP contribution in [0.3, 0.4) is 0 Å². The molecular weight excluding hydrogens is 371 g/mol. The number of anilines is 2. The van der Waals surface area contributed by atoms with E-state index in [2.05, 4.69) is 15.3 Å². The molecule has 2 aromatic heterocycles. The second-order valence-electron chi connectivity index (χ2n) is 6.24. The number of thiazole rings is 1. The number of aryl methyl sites for hydroxylation is 1. The lowest BCUT2D eigenvalue weighted by atomic mass is 9.97. The second-order valence-corrected chi connectivity index (χ2v) is 7.24. The molecule has 0 saturated carbocycles. The van der Waals surface area contributed by atoms with Gasteiger partial charge in [-0.05, 0) is 38.8 Å². The number of nitrogens with one attached hydrogen (secondary N) is 1. The van der Waals surface area contributed by atoms with Crippen molar-refractivity contribution in [3.05, 3.63) is 34.7 Å². The number of esters is 1. The third-order valence-corrected chi connectivity index (χ3v) is 5.42. The van der Waals surface area contributed by atoms with Crippen molar-refractivity contribution >= 4 is 34.2 Å². The number of hydrogen-bond donors (Lipinski definition) is 1. The van der Waals surface area contributed by atoms with Gasteiger partial charge < -0.3 is 15.0 Å². The molecule has 1 aliphatic heterocycles. The van der Waals surface area contributed by atoms with Gasteiger partial charge in [0.05, 0.1) is 24.4 Å². The number of carbonyl (C=O) groups excluding carboxylic acids is 2. The molecule has 0 radical (unpaired) electrons. The number of nitrogens with zero attached hydrogens (tertiary/aromatic N) is 3. The molecule has 0 aliphatic carbocycles. The molecular formula is C18H21FN4O3S. The zero-order chi connectivity index (χ0) is 19.4. The average molecular weight is 392 g/mol. The predicted molar refractivity (Wildman–Crippen MR) is 99.6 cm³/mol. The minimum absolute atomic E-state index is 0.0903. The lowest BCUT2D eigenvalue weighted by molar-refractivity contribution is -0.149. The van der Waals surface area contributed by atoms with Crippen LogP contribution in [-0.2, 0) is 9.53 Å². The normalized spacial score (nSPS) is 14.9. The first-order valence-corrected chi connectivity index (χ1v) is 9.61. The van der Waals surface area contributed by atoms with Gasteiger partial charge in [-0.1, -0.05) is 11.3 Å². The van der Waals surface area contributed by atoms with Gasteiger partial charge in [-0.15, -0.1) is 0 Å². The number of carbonyl (C=O) groups is 2. The van der Waals surface area contributed by atoms with Gasteiger partial charge in [0.15, 0.2) is 5.13 Å². The molecule has 1 N–H and O–H groups in total. The van der Waals surface area contributed by atoms with Crippen LogP contribution in [0.15, 0.2) is 18.3 Å². The fourth-order valence-electron chi connectivity index (χ4n) is 2.93. The number of hydrogen-bond acceptors (Lipinski definition) is 7. The third kappa shape index (κ3) is 4.60. The highest BCUT2D eigenvalue weighted by Crippen LogP contribution is 2.28. The maximum atomic E-state index is 12.9. The van der Waals surface area contributed by atoms with E-state index in [-0.39, 0.29) is 17.8 Å². The van der Waals surface area contributed by atoms with E-state index in [0.29, 0.717) is 54.1 Å². The Labute approximate surface area is 160 Å². The summed E-state index contributed by atoms with van der Waals surface area (Å²) in [6.07, 6.45) is 2.32. The summed E-state index contributed by atoms with van der Waals surface area (Å²) in [7, 11) is 0. The molecule has 9 heteroatoms. The molecule has 0 unspecified atom stereocenters. The Morgan fingerprint density at radius 2 is 2.11 bits per heavy atom. The van der Waals surface area contributed by atoms with Crippen LogP contribution in [0.4, 0.5) is 15.3 Å². The van der Waals surface area contributed by atoms with Gasteiger partial charge in [-0.3, -0.25) is 9.59 Å². The van der Waals surface area contributed by atoms with Crippen molar-refractivity contribution in [2.24, 2.45) is 5.92 Å². The fourth-order valence-corrected chi connectivity index (χ4v) is 3.87. The summed E-state index contributed by atoms with van der Waals surface area (Å²) in [5.41, 5.74) is 0.627. The predicted octanol–water partition coefficient (Wildman–Crippen LogP) is 3.14. The van der Waals surface area contributed by atoms with Crippen molar-refractivity contribution in [3.63, 3.8) is 0 Å². The summed E-state index contributed by atoms with van der Waals surface area (Å²) in [5, 5.41) is 3.51. The minimum atomic E-state index is -0.419. The lowest BCUT2D eigenvalue weighted by Crippen LogP contribution is -2.40. The van der Waals surface area contributed by atoms with Gasteiger partial charge >= 0.3 is 5.97 Å². The zero-order valence-corrected chi connectivity index (χ0v) is 16.0. The first-order valence-electron chi connectivity index (χ1n) is 8.79. The first-order chi connectivity index (χ1) is 13.0. The van der Waals surface area contributed by atoms with Crippen LogP contribution >= 0.6 is 11.3 Å². The van der Waals surface area contributed by atoms with Crippen molar-refractivity contribution in [1.29, 1.82) is 0 Å². The maximum Gasteiger partial charge on any atom is 0.309 e. The van der Waals surface area contributed by atoms with E-state index >= 15 is 0 Å². The van der Waals surface area contributed by atoms with E-state index in [4.69, 9.17) is 4.74 Å². The summed E-state index contributed by atoms with van der Waals surface area (Å²) in [4.78, 5) is 35.2. The van der Waals surface area contributed by atoms with Gasteiger partial charge in [0, 0.05) is 13.1 Å². The summed E-state index contributed by atoms with van der Waals surface area (Å²) < 4.78 is 18.0. The highest BCUT2D eigenvalue weighted by atomic mass is 32.1. The largest absolute Gasteiger partial charge is 0.466 e. The summed E-state index contributed by atoms with van der Waals surface area (Å²) in [6.45, 7) is 4.97. The molecule has 0 spiro atoms. The maximum absolute atomic E-state index is 12.9. The van der Waals surface area contributed by atoms with Crippen molar-refractivity contribution in [1.82, 2.24) is 14.9 Å². The first kappa shape index (κ1) is 19.2. The zero-order valence-electron chi connectivity index (χ0n) is 15.2. The molecule has 1 aliphatic rings. The van der Waals surface area contributed by atoms with E-state index in [9.17, 15) is 14.0 Å². The number of pyridine rings is 1. The molecule has 0 aromatic carbocycles. The van der Waals surface area contributed by atoms with Crippen LogP contribution < -0.4 is 5.32 Å². The van der Waals surface area contributed by atoms with Gasteiger partial charge in [-0.25, -0.2) is 14.4 Å². The van der Waals surface area contributed by atoms with Gasteiger partial charge in [-0.2, -0.15) is 0 Å². The highest BCUT2D eigenvalue weighted by molar-refractivity contribution is 7.17. The van der Waals surface area contributed by atoms with Crippen molar-refractivity contribution < 1.29 is 18.7 Å². The quantitative estimate of drug-likeness (QED) is 0.787. The molecule has 7 nitrogen and oxygen atoms in total. The Bertz CT molecular complexity index is 817. The lowest BCUT2D eigenvalue weighted by Gasteiger charge is -2.30. The summed E-state index contributed by atoms with van der Waals surface area (Å²) in [6, 6.07) is 2.81. The molecule has 1 saturated heterocycles. The van der Waals surface area contributed by atoms with Crippen LogP contribution in [0.25, 0.3) is 0 Å². The second kappa shape index (κ2) is 8.43. The number of halogens is 1. The Morgan fingerprint density at radius 1 is 1.37 bits per heavy atom. The Kier molecular flexibility index (Phi) is 6.00. The van der Waals surface area contributed by atoms with Gasteiger partial charge in [0.25, 0.3) is 5.91 Å². The fraction of sp³-hybridized carbons (Fsp3) is 0.444. The SMILES string of the molecule is CCOC(=O)C1CCN(C(=O)c2sc(Nc3ccc(F)cn3)nc2C)CC1. The van der Waals surface area contributed by atoms with Crippen LogP contribution in [0.5, 0.6) is 0 Å². The number of ether oxygens (including phenoxy) is 1. The molecule has 3 heterocycles. The van der Waals surface area contributed by atoms with Gasteiger partial charge in [0.2, 0.25) is 0 Å². The Morgan fingerprint density at radius 3 is 2.74 bits per heavy atom. The number of aromatic nitrogens is 2. The summed E-state index contributed by atoms with van der Waals surface area (Å²) >= 11 is 1.24. The minimum Gasteiger partial charge on any atom is -0.466 e. The molecule has 1 fully saturated rings. The van der Waals surface area contributed by atoms with Crippen LogP contribution in [-0.4, -0.2) is 46.4 Å². The number of rotatable bonds is 5. The smallest absolute Gasteiger partial charge is 0.309 e. The van der Waals surface area contributed by atoms with E-state index in [1.54, 1.807) is 18.7 Å². The standard InChI is InChI=1S/C18H21FN4O3S/c1-3-26-17(25)12-6-8-23(9-7-12)16(24)15-11(2)21-18(27-15)22-14-5-4-13(19)10-20-14/h4-5,10,12H,3,6-9H2,1-2H3,(H,20,21,22). The topological polar surface area (TPSA) is 84.4 Å². The average Bonchev–Trinajstić information content (AvgIpc) is 3.03. The molecule has 27 heavy (non-hydrogen) atoms.